The lowest BCUT2D eigenvalue weighted by atomic mass is 10.1. The molecule has 0 bridgehead atoms. The molecular formula is C12H16N2O3. The third-order valence-corrected chi connectivity index (χ3v) is 2.28. The molecule has 0 atom stereocenters. The van der Waals surface area contributed by atoms with Crippen molar-refractivity contribution >= 4 is 11.4 Å². The number of nitro benzene ring substituents is 1. The first-order valence-corrected chi connectivity index (χ1v) is 5.57. The summed E-state index contributed by atoms with van der Waals surface area (Å²) in [5.74, 6) is 0. The lowest BCUT2D eigenvalue weighted by molar-refractivity contribution is -0.385. The molecule has 0 aliphatic carbocycles. The monoisotopic (exact) mass is 236 g/mol. The Kier molecular flexibility index (Phi) is 5.13. The molecule has 5 nitrogen and oxygen atoms in total. The molecule has 0 aliphatic rings. The third-order valence-electron chi connectivity index (χ3n) is 2.28. The molecule has 0 heterocycles. The Hall–Kier alpha value is -1.91. The summed E-state index contributed by atoms with van der Waals surface area (Å²) in [7, 11) is 0. The summed E-state index contributed by atoms with van der Waals surface area (Å²) in [5.41, 5.74) is 1.07. The minimum atomic E-state index is -0.416. The van der Waals surface area contributed by atoms with Crippen molar-refractivity contribution < 1.29 is 9.76 Å². The predicted octanol–water partition coefficient (Wildman–Crippen LogP) is 3.14. The van der Waals surface area contributed by atoms with Crippen LogP contribution < -0.4 is 0 Å². The maximum atomic E-state index is 10.8. The standard InChI is InChI=1S/C12H16N2O3/c1-3-4-9-17-13-10(2)11-7-5-6-8-12(11)14(15)16/h5-8H,3-4,9H2,1-2H3/b13-10+. The number of rotatable bonds is 6. The first-order chi connectivity index (χ1) is 8.16. The number of para-hydroxylation sites is 1. The highest BCUT2D eigenvalue weighted by molar-refractivity contribution is 6.01. The van der Waals surface area contributed by atoms with Crippen molar-refractivity contribution in [1.29, 1.82) is 0 Å². The van der Waals surface area contributed by atoms with Crippen molar-refractivity contribution in [2.45, 2.75) is 26.7 Å². The van der Waals surface area contributed by atoms with E-state index in [2.05, 4.69) is 12.1 Å². The van der Waals surface area contributed by atoms with Crippen molar-refractivity contribution in [3.63, 3.8) is 0 Å². The molecule has 0 saturated carbocycles. The van der Waals surface area contributed by atoms with E-state index in [1.165, 1.54) is 6.07 Å². The molecule has 0 radical (unpaired) electrons. The molecule has 1 aromatic carbocycles. The molecule has 0 N–H and O–H groups in total. The highest BCUT2D eigenvalue weighted by atomic mass is 16.6. The lowest BCUT2D eigenvalue weighted by Crippen LogP contribution is -2.02. The van der Waals surface area contributed by atoms with Crippen LogP contribution in [-0.4, -0.2) is 17.2 Å². The van der Waals surface area contributed by atoms with Crippen LogP contribution in [-0.2, 0) is 4.84 Å². The number of nitrogens with zero attached hydrogens (tertiary/aromatic N) is 2. The van der Waals surface area contributed by atoms with E-state index in [-0.39, 0.29) is 5.69 Å². The molecule has 5 heteroatoms. The summed E-state index contributed by atoms with van der Waals surface area (Å²) >= 11 is 0. The maximum absolute atomic E-state index is 10.8. The molecule has 0 fully saturated rings. The second kappa shape index (κ2) is 6.62. The van der Waals surface area contributed by atoms with Crippen LogP contribution in [0.5, 0.6) is 0 Å². The molecule has 0 amide bonds. The summed E-state index contributed by atoms with van der Waals surface area (Å²) in [6, 6.07) is 6.50. The van der Waals surface area contributed by atoms with Gasteiger partial charge in [0, 0.05) is 6.07 Å². The fraction of sp³-hybridized carbons (Fsp3) is 0.417. The van der Waals surface area contributed by atoms with Gasteiger partial charge in [-0.25, -0.2) is 0 Å². The largest absolute Gasteiger partial charge is 0.396 e. The molecule has 0 aromatic heterocycles. The van der Waals surface area contributed by atoms with Crippen molar-refractivity contribution in [3.8, 4) is 0 Å². The SMILES string of the molecule is CCCCO/N=C(\C)c1ccccc1[N+](=O)[O-]. The number of hydrogen-bond acceptors (Lipinski definition) is 4. The Labute approximate surface area is 100 Å². The van der Waals surface area contributed by atoms with Gasteiger partial charge in [0.25, 0.3) is 5.69 Å². The van der Waals surface area contributed by atoms with Gasteiger partial charge in [0.05, 0.1) is 16.2 Å². The van der Waals surface area contributed by atoms with Gasteiger partial charge >= 0.3 is 0 Å². The van der Waals surface area contributed by atoms with Crippen LogP contribution in [0.15, 0.2) is 29.4 Å². The summed E-state index contributed by atoms with van der Waals surface area (Å²) in [4.78, 5) is 15.5. The van der Waals surface area contributed by atoms with Gasteiger partial charge in [-0.15, -0.1) is 0 Å². The third kappa shape index (κ3) is 3.86. The van der Waals surface area contributed by atoms with Gasteiger partial charge < -0.3 is 4.84 Å². The van der Waals surface area contributed by atoms with Crippen molar-refractivity contribution in [2.75, 3.05) is 6.61 Å². The fourth-order valence-electron chi connectivity index (χ4n) is 1.34. The van der Waals surface area contributed by atoms with E-state index in [0.29, 0.717) is 17.9 Å². The van der Waals surface area contributed by atoms with E-state index in [9.17, 15) is 10.1 Å². The molecular weight excluding hydrogens is 220 g/mol. The van der Waals surface area contributed by atoms with Crippen LogP contribution >= 0.6 is 0 Å². The van der Waals surface area contributed by atoms with Crippen LogP contribution in [0.4, 0.5) is 5.69 Å². The van der Waals surface area contributed by atoms with Gasteiger partial charge in [0.15, 0.2) is 0 Å². The Morgan fingerprint density at radius 2 is 2.18 bits per heavy atom. The van der Waals surface area contributed by atoms with Gasteiger partial charge in [-0.2, -0.15) is 0 Å². The van der Waals surface area contributed by atoms with Crippen LogP contribution in [0.1, 0.15) is 32.3 Å². The number of nitro groups is 1. The Morgan fingerprint density at radius 1 is 1.47 bits per heavy atom. The topological polar surface area (TPSA) is 64.7 Å². The minimum absolute atomic E-state index is 0.0489. The van der Waals surface area contributed by atoms with Gasteiger partial charge in [0.1, 0.15) is 6.61 Å². The number of oxime groups is 1. The van der Waals surface area contributed by atoms with Crippen molar-refractivity contribution in [3.05, 3.63) is 39.9 Å². The van der Waals surface area contributed by atoms with E-state index in [4.69, 9.17) is 4.84 Å². The highest BCUT2D eigenvalue weighted by Crippen LogP contribution is 2.18. The van der Waals surface area contributed by atoms with Crippen molar-refractivity contribution in [2.24, 2.45) is 5.16 Å². The zero-order chi connectivity index (χ0) is 12.7. The average Bonchev–Trinajstić information content (AvgIpc) is 2.34. The first-order valence-electron chi connectivity index (χ1n) is 5.57. The second-order valence-electron chi connectivity index (χ2n) is 3.64. The summed E-state index contributed by atoms with van der Waals surface area (Å²) in [5, 5.41) is 14.7. The van der Waals surface area contributed by atoms with Gasteiger partial charge in [-0.3, -0.25) is 10.1 Å². The van der Waals surface area contributed by atoms with Gasteiger partial charge in [-0.05, 0) is 19.4 Å². The molecule has 1 rings (SSSR count). The second-order valence-corrected chi connectivity index (χ2v) is 3.64. The first kappa shape index (κ1) is 13.2. The zero-order valence-corrected chi connectivity index (χ0v) is 10.0. The smallest absolute Gasteiger partial charge is 0.278 e. The maximum Gasteiger partial charge on any atom is 0.278 e. The molecule has 17 heavy (non-hydrogen) atoms. The molecule has 0 spiro atoms. The van der Waals surface area contributed by atoms with Crippen LogP contribution in [0.3, 0.4) is 0 Å². The van der Waals surface area contributed by atoms with Crippen molar-refractivity contribution in [1.82, 2.24) is 0 Å². The quantitative estimate of drug-likeness (QED) is 0.330. The van der Waals surface area contributed by atoms with E-state index < -0.39 is 4.92 Å². The van der Waals surface area contributed by atoms with Gasteiger partial charge in [-0.1, -0.05) is 30.6 Å². The van der Waals surface area contributed by atoms with Gasteiger partial charge in [0.2, 0.25) is 0 Å². The fourth-order valence-corrected chi connectivity index (χ4v) is 1.34. The molecule has 92 valence electrons. The van der Waals surface area contributed by atoms with E-state index in [0.717, 1.165) is 12.8 Å². The lowest BCUT2D eigenvalue weighted by Gasteiger charge is -2.02. The normalized spacial score (nSPS) is 11.3. The Balaban J connectivity index is 2.80. The summed E-state index contributed by atoms with van der Waals surface area (Å²) in [6.07, 6.45) is 1.95. The number of unbranched alkanes of at least 4 members (excludes halogenated alkanes) is 1. The Bertz CT molecular complexity index is 416. The highest BCUT2D eigenvalue weighted by Gasteiger charge is 2.14. The van der Waals surface area contributed by atoms with E-state index in [1.807, 2.05) is 0 Å². The number of benzene rings is 1. The number of hydrogen-bond donors (Lipinski definition) is 0. The van der Waals surface area contributed by atoms with E-state index >= 15 is 0 Å². The molecule has 1 aromatic rings. The average molecular weight is 236 g/mol. The van der Waals surface area contributed by atoms with Crippen LogP contribution in [0.25, 0.3) is 0 Å². The minimum Gasteiger partial charge on any atom is -0.396 e. The van der Waals surface area contributed by atoms with Crippen LogP contribution in [0.2, 0.25) is 0 Å². The predicted molar refractivity (Wildman–Crippen MR) is 66.2 cm³/mol. The molecule has 0 aliphatic heterocycles. The Morgan fingerprint density at radius 3 is 2.82 bits per heavy atom. The molecule has 0 saturated heterocycles. The van der Waals surface area contributed by atoms with Crippen LogP contribution in [0, 0.1) is 10.1 Å². The zero-order valence-electron chi connectivity index (χ0n) is 10.0. The molecule has 0 unspecified atom stereocenters. The van der Waals surface area contributed by atoms with E-state index in [1.54, 1.807) is 25.1 Å². The summed E-state index contributed by atoms with van der Waals surface area (Å²) in [6.45, 7) is 4.30. The summed E-state index contributed by atoms with van der Waals surface area (Å²) < 4.78 is 0.